The minimum atomic E-state index is -4.14. The number of carbonyl (C=O) groups is 2. The Morgan fingerprint density at radius 3 is 2.21 bits per heavy atom. The highest BCUT2D eigenvalue weighted by Gasteiger charge is 2.32. The Balaban J connectivity index is 2.07. The molecule has 3 aromatic rings. The lowest BCUT2D eigenvalue weighted by atomic mass is 10.1. The first-order valence-corrected chi connectivity index (χ1v) is 14.2. The molecule has 202 valence electrons. The summed E-state index contributed by atoms with van der Waals surface area (Å²) in [5.74, 6) is -0.833. The van der Waals surface area contributed by atoms with Crippen LogP contribution in [0.5, 0.6) is 0 Å². The smallest absolute Gasteiger partial charge is 0.264 e. The monoisotopic (exact) mass is 555 g/mol. The fraction of sp³-hybridized carbons (Fsp3) is 0.310. The summed E-state index contributed by atoms with van der Waals surface area (Å²) in [6.45, 7) is 9.10. The molecule has 1 atom stereocenters. The minimum absolute atomic E-state index is 0.0508. The van der Waals surface area contributed by atoms with Gasteiger partial charge in [-0.05, 0) is 75.6 Å². The van der Waals surface area contributed by atoms with Gasteiger partial charge in [0.2, 0.25) is 11.8 Å². The summed E-state index contributed by atoms with van der Waals surface area (Å²) in [7, 11) is -4.14. The number of halogens is 1. The predicted molar refractivity (Wildman–Crippen MR) is 152 cm³/mol. The van der Waals surface area contributed by atoms with Crippen molar-refractivity contribution >= 4 is 39.1 Å². The first-order chi connectivity index (χ1) is 17.9. The standard InChI is InChI=1S/C29H34ClN3O4S/c1-6-31-29(35)23(5)32(18-24-10-8-7-9-21(24)3)28(34)19-33(25-14-13-22(4)27(30)17-25)38(36,37)26-15-11-20(2)12-16-26/h7-17,23H,6,18-19H2,1-5H3,(H,31,35). The maximum absolute atomic E-state index is 13.9. The van der Waals surface area contributed by atoms with E-state index in [2.05, 4.69) is 5.32 Å². The summed E-state index contributed by atoms with van der Waals surface area (Å²) in [5, 5.41) is 3.14. The van der Waals surface area contributed by atoms with E-state index in [0.717, 1.165) is 26.6 Å². The molecule has 2 amide bonds. The number of carbonyl (C=O) groups excluding carboxylic acids is 2. The summed E-state index contributed by atoms with van der Waals surface area (Å²) in [5.41, 5.74) is 3.77. The molecule has 38 heavy (non-hydrogen) atoms. The van der Waals surface area contributed by atoms with Gasteiger partial charge in [0.15, 0.2) is 0 Å². The van der Waals surface area contributed by atoms with Gasteiger partial charge in [-0.3, -0.25) is 13.9 Å². The van der Waals surface area contributed by atoms with Crippen molar-refractivity contribution < 1.29 is 18.0 Å². The number of benzene rings is 3. The lowest BCUT2D eigenvalue weighted by Gasteiger charge is -2.32. The SMILES string of the molecule is CCNC(=O)C(C)N(Cc1ccccc1C)C(=O)CN(c1ccc(C)c(Cl)c1)S(=O)(=O)c1ccc(C)cc1. The molecule has 0 aliphatic rings. The number of hydrogen-bond donors (Lipinski definition) is 1. The third kappa shape index (κ3) is 6.74. The summed E-state index contributed by atoms with van der Waals surface area (Å²) in [6, 6.07) is 18.1. The van der Waals surface area contributed by atoms with Crippen molar-refractivity contribution in [2.45, 2.75) is 52.1 Å². The van der Waals surface area contributed by atoms with E-state index in [9.17, 15) is 18.0 Å². The van der Waals surface area contributed by atoms with Crippen molar-refractivity contribution in [2.24, 2.45) is 0 Å². The second-order valence-corrected chi connectivity index (χ2v) is 11.5. The summed E-state index contributed by atoms with van der Waals surface area (Å²) in [4.78, 5) is 28.1. The zero-order valence-electron chi connectivity index (χ0n) is 22.4. The molecular formula is C29H34ClN3O4S. The van der Waals surface area contributed by atoms with Crippen molar-refractivity contribution in [3.05, 3.63) is 94.0 Å². The van der Waals surface area contributed by atoms with Crippen molar-refractivity contribution in [1.29, 1.82) is 0 Å². The van der Waals surface area contributed by atoms with E-state index in [4.69, 9.17) is 11.6 Å². The Bertz CT molecular complexity index is 1410. The number of rotatable bonds is 10. The fourth-order valence-electron chi connectivity index (χ4n) is 3.98. The molecule has 0 spiro atoms. The first kappa shape index (κ1) is 29.2. The van der Waals surface area contributed by atoms with Crippen LogP contribution in [-0.4, -0.2) is 44.3 Å². The maximum Gasteiger partial charge on any atom is 0.264 e. The molecule has 0 aliphatic heterocycles. The highest BCUT2D eigenvalue weighted by atomic mass is 35.5. The van der Waals surface area contributed by atoms with E-state index < -0.39 is 28.5 Å². The van der Waals surface area contributed by atoms with E-state index in [-0.39, 0.29) is 23.0 Å². The molecule has 9 heteroatoms. The fourth-order valence-corrected chi connectivity index (χ4v) is 5.56. The van der Waals surface area contributed by atoms with E-state index in [1.54, 1.807) is 38.1 Å². The van der Waals surface area contributed by atoms with Crippen molar-refractivity contribution in [1.82, 2.24) is 10.2 Å². The van der Waals surface area contributed by atoms with E-state index in [0.29, 0.717) is 11.6 Å². The van der Waals surface area contributed by atoms with Gasteiger partial charge in [-0.1, -0.05) is 59.6 Å². The zero-order valence-corrected chi connectivity index (χ0v) is 23.9. The minimum Gasteiger partial charge on any atom is -0.355 e. The Morgan fingerprint density at radius 2 is 1.61 bits per heavy atom. The molecule has 0 saturated carbocycles. The predicted octanol–water partition coefficient (Wildman–Crippen LogP) is 5.01. The largest absolute Gasteiger partial charge is 0.355 e. The average molecular weight is 556 g/mol. The highest BCUT2D eigenvalue weighted by Crippen LogP contribution is 2.29. The molecule has 3 rings (SSSR count). The number of likely N-dealkylation sites (N-methyl/N-ethyl adjacent to an activating group) is 1. The normalized spacial score (nSPS) is 12.1. The van der Waals surface area contributed by atoms with Crippen molar-refractivity contribution in [3.63, 3.8) is 0 Å². The van der Waals surface area contributed by atoms with Crippen LogP contribution in [0.3, 0.4) is 0 Å². The molecule has 1 unspecified atom stereocenters. The van der Waals surface area contributed by atoms with Crippen molar-refractivity contribution in [3.8, 4) is 0 Å². The second-order valence-electron chi connectivity index (χ2n) is 9.28. The van der Waals surface area contributed by atoms with Crippen LogP contribution in [0.25, 0.3) is 0 Å². The number of amides is 2. The van der Waals surface area contributed by atoms with Gasteiger partial charge < -0.3 is 10.2 Å². The van der Waals surface area contributed by atoms with Gasteiger partial charge >= 0.3 is 0 Å². The average Bonchev–Trinajstić information content (AvgIpc) is 2.88. The molecule has 0 bridgehead atoms. The molecule has 0 radical (unpaired) electrons. The maximum atomic E-state index is 13.9. The topological polar surface area (TPSA) is 86.8 Å². The molecular weight excluding hydrogens is 522 g/mol. The van der Waals surface area contributed by atoms with E-state index >= 15 is 0 Å². The zero-order chi connectivity index (χ0) is 28.0. The van der Waals surface area contributed by atoms with Crippen LogP contribution in [0.2, 0.25) is 5.02 Å². The highest BCUT2D eigenvalue weighted by molar-refractivity contribution is 7.92. The van der Waals surface area contributed by atoms with Crippen LogP contribution in [0.15, 0.2) is 71.6 Å². The third-order valence-electron chi connectivity index (χ3n) is 6.45. The number of anilines is 1. The van der Waals surface area contributed by atoms with E-state index in [1.807, 2.05) is 45.0 Å². The van der Waals surface area contributed by atoms with Gasteiger partial charge in [0.1, 0.15) is 12.6 Å². The van der Waals surface area contributed by atoms with E-state index in [1.165, 1.54) is 23.1 Å². The number of hydrogen-bond acceptors (Lipinski definition) is 4. The van der Waals surface area contributed by atoms with Crippen LogP contribution < -0.4 is 9.62 Å². The lowest BCUT2D eigenvalue weighted by Crippen LogP contribution is -2.51. The lowest BCUT2D eigenvalue weighted by molar-refractivity contribution is -0.139. The van der Waals surface area contributed by atoms with Crippen LogP contribution >= 0.6 is 11.6 Å². The molecule has 0 heterocycles. The Hall–Kier alpha value is -3.36. The van der Waals surface area contributed by atoms with Gasteiger partial charge in [-0.2, -0.15) is 0 Å². The van der Waals surface area contributed by atoms with Crippen molar-refractivity contribution in [2.75, 3.05) is 17.4 Å². The second kappa shape index (κ2) is 12.5. The Kier molecular flexibility index (Phi) is 9.57. The summed E-state index contributed by atoms with van der Waals surface area (Å²) in [6.07, 6.45) is 0. The van der Waals surface area contributed by atoms with Crippen LogP contribution in [0.4, 0.5) is 5.69 Å². The molecule has 1 N–H and O–H groups in total. The number of nitrogens with one attached hydrogen (secondary N) is 1. The van der Waals surface area contributed by atoms with Crippen LogP contribution in [0, 0.1) is 20.8 Å². The summed E-state index contributed by atoms with van der Waals surface area (Å²) < 4.78 is 28.8. The Morgan fingerprint density at radius 1 is 0.947 bits per heavy atom. The van der Waals surface area contributed by atoms with Crippen LogP contribution in [0.1, 0.15) is 36.1 Å². The Labute approximate surface area is 230 Å². The summed E-state index contributed by atoms with van der Waals surface area (Å²) >= 11 is 6.36. The molecule has 0 aromatic heterocycles. The first-order valence-electron chi connectivity index (χ1n) is 12.4. The number of sulfonamides is 1. The van der Waals surface area contributed by atoms with Crippen LogP contribution in [-0.2, 0) is 26.2 Å². The number of aryl methyl sites for hydroxylation is 3. The molecule has 0 saturated heterocycles. The third-order valence-corrected chi connectivity index (χ3v) is 8.65. The van der Waals surface area contributed by atoms with Gasteiger partial charge in [-0.15, -0.1) is 0 Å². The molecule has 3 aromatic carbocycles. The van der Waals surface area contributed by atoms with Gasteiger partial charge in [0.05, 0.1) is 10.6 Å². The van der Waals surface area contributed by atoms with Gasteiger partial charge in [0, 0.05) is 18.1 Å². The molecule has 0 aliphatic carbocycles. The van der Waals surface area contributed by atoms with Gasteiger partial charge in [0.25, 0.3) is 10.0 Å². The number of nitrogens with zero attached hydrogens (tertiary/aromatic N) is 2. The molecule has 0 fully saturated rings. The molecule has 7 nitrogen and oxygen atoms in total. The quantitative estimate of drug-likeness (QED) is 0.381. The van der Waals surface area contributed by atoms with Gasteiger partial charge in [-0.25, -0.2) is 8.42 Å².